The highest BCUT2D eigenvalue weighted by atomic mass is 31.2. The zero-order valence-electron chi connectivity index (χ0n) is 22.5. The van der Waals surface area contributed by atoms with E-state index in [1.165, 1.54) is 103 Å². The lowest BCUT2D eigenvalue weighted by molar-refractivity contribution is 0.145. The molecule has 0 fully saturated rings. The van der Waals surface area contributed by atoms with E-state index >= 15 is 0 Å². The molecule has 0 aliphatic carbocycles. The van der Waals surface area contributed by atoms with E-state index in [4.69, 9.17) is 14.2 Å². The van der Waals surface area contributed by atoms with E-state index in [1.54, 1.807) is 6.92 Å². The van der Waals surface area contributed by atoms with Gasteiger partial charge in [-0.05, 0) is 19.8 Å². The van der Waals surface area contributed by atoms with Crippen molar-refractivity contribution in [2.24, 2.45) is 0 Å². The third-order valence-corrected chi connectivity index (χ3v) is 6.52. The lowest BCUT2D eigenvalue weighted by atomic mass is 10.1. The molecule has 33 heavy (non-hydrogen) atoms. The molecule has 0 radical (unpaired) electrons. The molecule has 0 aliphatic rings. The minimum atomic E-state index is -3.85. The third-order valence-electron chi connectivity index (χ3n) is 5.50. The first kappa shape index (κ1) is 37.6. The molecule has 0 amide bonds. The summed E-state index contributed by atoms with van der Waals surface area (Å²) in [6.45, 7) is 7.07. The van der Waals surface area contributed by atoms with Crippen LogP contribution >= 0.6 is 7.82 Å². The molecule has 0 aromatic heterocycles. The summed E-state index contributed by atoms with van der Waals surface area (Å²) in [6.07, 6.45) is 24.8. The minimum Gasteiger partial charge on any atom is -0.397 e. The molecule has 0 rings (SSSR count). The molecule has 6 nitrogen and oxygen atoms in total. The summed E-state index contributed by atoms with van der Waals surface area (Å²) in [5.41, 5.74) is 0. The third kappa shape index (κ3) is 36.8. The smallest absolute Gasteiger partial charge is 0.397 e. The Balaban J connectivity index is -0.00000212. The van der Waals surface area contributed by atoms with Gasteiger partial charge in [0.1, 0.15) is 0 Å². The van der Waals surface area contributed by atoms with Crippen LogP contribution in [0.2, 0.25) is 0 Å². The van der Waals surface area contributed by atoms with E-state index < -0.39 is 7.82 Å². The molecule has 0 saturated heterocycles. The Kier molecular flexibility index (Phi) is 36.5. The first-order chi connectivity index (χ1) is 15.5. The molecule has 204 valence electrons. The molecular weight excluding hydrogens is 437 g/mol. The van der Waals surface area contributed by atoms with Crippen LogP contribution in [0.4, 0.5) is 0 Å². The summed E-state index contributed by atoms with van der Waals surface area (Å²) in [4.78, 5) is 9.71. The van der Waals surface area contributed by atoms with Crippen LogP contribution in [0.25, 0.3) is 0 Å². The first-order valence-corrected chi connectivity index (χ1v) is 15.3. The van der Waals surface area contributed by atoms with Crippen molar-refractivity contribution in [1.29, 1.82) is 0 Å². The molecule has 0 aliphatic heterocycles. The topological polar surface area (TPSA) is 111 Å². The van der Waals surface area contributed by atoms with Gasteiger partial charge in [-0.15, -0.1) is 0 Å². The molecule has 0 aromatic carbocycles. The second kappa shape index (κ2) is 32.0. The Morgan fingerprint density at radius 3 is 0.970 bits per heavy atom. The van der Waals surface area contributed by atoms with Gasteiger partial charge in [0.15, 0.2) is 0 Å². The van der Waals surface area contributed by atoms with Gasteiger partial charge in [0, 0.05) is 6.61 Å². The number of hydrogen-bond donors (Lipinski definition) is 3. The molecular formula is C26H60NO5P. The fourth-order valence-corrected chi connectivity index (χ4v) is 4.37. The van der Waals surface area contributed by atoms with Crippen LogP contribution in [0, 0.1) is 0 Å². The average molecular weight is 498 g/mol. The van der Waals surface area contributed by atoms with Gasteiger partial charge >= 0.3 is 7.82 Å². The van der Waals surface area contributed by atoms with Crippen LogP contribution < -0.4 is 6.15 Å². The zero-order chi connectivity index (χ0) is 24.2. The Labute approximate surface area is 206 Å². The van der Waals surface area contributed by atoms with E-state index in [0.717, 1.165) is 25.7 Å². The van der Waals surface area contributed by atoms with Gasteiger partial charge in [0.25, 0.3) is 0 Å². The Morgan fingerprint density at radius 2 is 0.727 bits per heavy atom. The van der Waals surface area contributed by atoms with Gasteiger partial charge < -0.3 is 16.2 Å². The molecule has 0 atom stereocenters. The Morgan fingerprint density at radius 1 is 0.515 bits per heavy atom. The van der Waals surface area contributed by atoms with Crippen molar-refractivity contribution in [3.05, 3.63) is 0 Å². The summed E-state index contributed by atoms with van der Waals surface area (Å²) in [7, 11) is -3.85. The van der Waals surface area contributed by atoms with Crippen LogP contribution in [-0.4, -0.2) is 29.8 Å². The standard InChI is InChI=1S/C24H51O4P.C2H6O.H3N/c1-3-5-7-9-11-13-15-17-19-21-23-27-29(25,26)28-24-22-20-18-16-14-12-10-8-6-4-2;1-2-3;/h3-24H2,1-2H3,(H,25,26);3H,2H2,1H3;1H3. The largest absolute Gasteiger partial charge is 0.472 e. The van der Waals surface area contributed by atoms with Crippen molar-refractivity contribution in [2.75, 3.05) is 19.8 Å². The van der Waals surface area contributed by atoms with E-state index in [0.29, 0.717) is 13.2 Å². The van der Waals surface area contributed by atoms with Gasteiger partial charge in [-0.3, -0.25) is 9.05 Å². The second-order valence-electron chi connectivity index (χ2n) is 8.82. The SMILES string of the molecule is CCCCCCCCCCCCOP(=O)(O)OCCCCCCCCCCCC.CCO.N. The van der Waals surface area contributed by atoms with Crippen molar-refractivity contribution in [2.45, 2.75) is 149 Å². The highest BCUT2D eigenvalue weighted by Crippen LogP contribution is 2.43. The maximum Gasteiger partial charge on any atom is 0.472 e. The molecule has 0 heterocycles. The lowest BCUT2D eigenvalue weighted by Crippen LogP contribution is -1.99. The van der Waals surface area contributed by atoms with E-state index in [9.17, 15) is 9.46 Å². The van der Waals surface area contributed by atoms with Gasteiger partial charge in [-0.25, -0.2) is 4.57 Å². The summed E-state index contributed by atoms with van der Waals surface area (Å²) in [6, 6.07) is 0. The molecule has 7 heteroatoms. The maximum atomic E-state index is 11.8. The van der Waals surface area contributed by atoms with Crippen molar-refractivity contribution in [3.63, 3.8) is 0 Å². The Hall–Kier alpha value is 0.0300. The van der Waals surface area contributed by atoms with Gasteiger partial charge in [-0.1, -0.05) is 129 Å². The minimum absolute atomic E-state index is 0. The molecule has 0 bridgehead atoms. The van der Waals surface area contributed by atoms with Crippen molar-refractivity contribution >= 4 is 7.82 Å². The van der Waals surface area contributed by atoms with Gasteiger partial charge in [-0.2, -0.15) is 0 Å². The van der Waals surface area contributed by atoms with Crippen molar-refractivity contribution in [3.8, 4) is 0 Å². The fourth-order valence-electron chi connectivity index (χ4n) is 3.58. The first-order valence-electron chi connectivity index (χ1n) is 13.8. The van der Waals surface area contributed by atoms with E-state index in [-0.39, 0.29) is 12.8 Å². The van der Waals surface area contributed by atoms with E-state index in [1.807, 2.05) is 0 Å². The number of aliphatic hydroxyl groups is 1. The summed E-state index contributed by atoms with van der Waals surface area (Å²) >= 11 is 0. The number of rotatable bonds is 24. The van der Waals surface area contributed by atoms with Crippen molar-refractivity contribution in [1.82, 2.24) is 6.15 Å². The van der Waals surface area contributed by atoms with Crippen LogP contribution in [0.5, 0.6) is 0 Å². The predicted octanol–water partition coefficient (Wildman–Crippen LogP) is 9.12. The highest BCUT2D eigenvalue weighted by Gasteiger charge is 2.19. The second-order valence-corrected chi connectivity index (χ2v) is 10.3. The molecule has 0 spiro atoms. The number of unbranched alkanes of at least 4 members (excludes halogenated alkanes) is 18. The number of phosphoric ester groups is 1. The van der Waals surface area contributed by atoms with Crippen LogP contribution in [-0.2, 0) is 13.6 Å². The number of aliphatic hydroxyl groups excluding tert-OH is 1. The quantitative estimate of drug-likeness (QED) is 0.0905. The van der Waals surface area contributed by atoms with E-state index in [2.05, 4.69) is 13.8 Å². The fraction of sp³-hybridized carbons (Fsp3) is 1.00. The monoisotopic (exact) mass is 497 g/mol. The summed E-state index contributed by atoms with van der Waals surface area (Å²) < 4.78 is 22.0. The van der Waals surface area contributed by atoms with Crippen LogP contribution in [0.15, 0.2) is 0 Å². The Bertz CT molecular complexity index is 356. The average Bonchev–Trinajstić information content (AvgIpc) is 2.76. The predicted molar refractivity (Wildman–Crippen MR) is 143 cm³/mol. The van der Waals surface area contributed by atoms with Gasteiger partial charge in [0.05, 0.1) is 13.2 Å². The number of phosphoric acid groups is 1. The molecule has 5 N–H and O–H groups in total. The maximum absolute atomic E-state index is 11.8. The zero-order valence-corrected chi connectivity index (χ0v) is 23.4. The lowest BCUT2D eigenvalue weighted by Gasteiger charge is -2.12. The van der Waals surface area contributed by atoms with Gasteiger partial charge in [0.2, 0.25) is 0 Å². The summed E-state index contributed by atoms with van der Waals surface area (Å²) in [5, 5.41) is 7.57. The molecule has 0 aromatic rings. The molecule has 0 unspecified atom stereocenters. The number of hydrogen-bond acceptors (Lipinski definition) is 5. The molecule has 0 saturated carbocycles. The van der Waals surface area contributed by atoms with Crippen LogP contribution in [0.1, 0.15) is 149 Å². The van der Waals surface area contributed by atoms with Crippen LogP contribution in [0.3, 0.4) is 0 Å². The van der Waals surface area contributed by atoms with Crippen molar-refractivity contribution < 1.29 is 23.6 Å². The summed E-state index contributed by atoms with van der Waals surface area (Å²) in [5.74, 6) is 0. The highest BCUT2D eigenvalue weighted by molar-refractivity contribution is 7.47. The normalized spacial score (nSPS) is 11.1.